The Hall–Kier alpha value is -0.650. The van der Waals surface area contributed by atoms with Gasteiger partial charge in [0.25, 0.3) is 0 Å². The van der Waals surface area contributed by atoms with E-state index in [-0.39, 0.29) is 6.17 Å². The van der Waals surface area contributed by atoms with Crippen molar-refractivity contribution in [3.8, 4) is 0 Å². The summed E-state index contributed by atoms with van der Waals surface area (Å²) >= 11 is 0. The molecule has 7 N–H and O–H groups in total. The number of nitrogens with two attached hydrogens (primary N) is 3. The van der Waals surface area contributed by atoms with Crippen LogP contribution in [0.25, 0.3) is 0 Å². The summed E-state index contributed by atoms with van der Waals surface area (Å²) in [5, 5.41) is 8.36. The molecule has 0 saturated carbocycles. The quantitative estimate of drug-likeness (QED) is 0.378. The molecule has 0 aromatic rings. The van der Waals surface area contributed by atoms with Gasteiger partial charge in [0.05, 0.1) is 6.17 Å². The highest BCUT2D eigenvalue weighted by Crippen LogP contribution is 1.98. The minimum atomic E-state index is -0.976. The Morgan fingerprint density at radius 3 is 2.18 bits per heavy atom. The molecule has 0 bridgehead atoms. The van der Waals surface area contributed by atoms with Gasteiger partial charge < -0.3 is 22.3 Å². The molecule has 5 nitrogen and oxygen atoms in total. The van der Waals surface area contributed by atoms with E-state index in [1.165, 1.54) is 0 Å². The van der Waals surface area contributed by atoms with Crippen LogP contribution in [-0.2, 0) is 4.79 Å². The number of carboxylic acids is 1. The van der Waals surface area contributed by atoms with Gasteiger partial charge in [-0.3, -0.25) is 4.79 Å². The summed E-state index contributed by atoms with van der Waals surface area (Å²) in [5.41, 5.74) is 15.7. The molecule has 0 amide bonds. The number of rotatable bonds is 5. The third-order valence-corrected chi connectivity index (χ3v) is 1.37. The summed E-state index contributed by atoms with van der Waals surface area (Å²) in [6, 6.07) is -0.784. The van der Waals surface area contributed by atoms with Crippen LogP contribution in [-0.4, -0.2) is 23.3 Å². The number of hydrogen-bond donors (Lipinski definition) is 4. The van der Waals surface area contributed by atoms with Crippen LogP contribution in [0.2, 0.25) is 0 Å². The van der Waals surface area contributed by atoms with Crippen molar-refractivity contribution >= 4 is 5.97 Å². The van der Waals surface area contributed by atoms with Gasteiger partial charge in [-0.05, 0) is 19.3 Å². The minimum absolute atomic E-state index is 0.365. The van der Waals surface area contributed by atoms with Gasteiger partial charge in [-0.25, -0.2) is 0 Å². The van der Waals surface area contributed by atoms with Crippen LogP contribution in [0.1, 0.15) is 19.3 Å². The van der Waals surface area contributed by atoms with E-state index < -0.39 is 12.0 Å². The zero-order chi connectivity index (χ0) is 8.85. The lowest BCUT2D eigenvalue weighted by Gasteiger charge is -2.07. The second-order valence-corrected chi connectivity index (χ2v) is 2.54. The highest BCUT2D eigenvalue weighted by Gasteiger charge is 2.10. The van der Waals surface area contributed by atoms with Gasteiger partial charge >= 0.3 is 5.97 Å². The second kappa shape index (κ2) is 5.06. The lowest BCUT2D eigenvalue weighted by Crippen LogP contribution is -2.33. The molecule has 0 aromatic heterocycles. The fourth-order valence-corrected chi connectivity index (χ4v) is 0.697. The maximum atomic E-state index is 10.2. The molecule has 0 fully saturated rings. The predicted octanol–water partition coefficient (Wildman–Crippen LogP) is -1.19. The highest BCUT2D eigenvalue weighted by molar-refractivity contribution is 5.72. The van der Waals surface area contributed by atoms with E-state index in [1.54, 1.807) is 0 Å². The molecule has 0 aliphatic carbocycles. The van der Waals surface area contributed by atoms with E-state index in [2.05, 4.69) is 0 Å². The monoisotopic (exact) mass is 161 g/mol. The maximum absolute atomic E-state index is 10.2. The van der Waals surface area contributed by atoms with Crippen molar-refractivity contribution in [1.29, 1.82) is 0 Å². The molecule has 0 radical (unpaired) electrons. The highest BCUT2D eigenvalue weighted by atomic mass is 16.4. The van der Waals surface area contributed by atoms with Crippen molar-refractivity contribution in [2.45, 2.75) is 31.5 Å². The van der Waals surface area contributed by atoms with Gasteiger partial charge in [-0.1, -0.05) is 0 Å². The fraction of sp³-hybridized carbons (Fsp3) is 0.833. The first-order chi connectivity index (χ1) is 5.04. The zero-order valence-electron chi connectivity index (χ0n) is 6.36. The first kappa shape index (κ1) is 10.3. The largest absolute Gasteiger partial charge is 0.480 e. The summed E-state index contributed by atoms with van der Waals surface area (Å²) < 4.78 is 0. The van der Waals surface area contributed by atoms with Crippen LogP contribution in [0.4, 0.5) is 0 Å². The predicted molar refractivity (Wildman–Crippen MR) is 41.6 cm³/mol. The van der Waals surface area contributed by atoms with E-state index in [1.807, 2.05) is 0 Å². The van der Waals surface area contributed by atoms with Crippen molar-refractivity contribution in [3.05, 3.63) is 0 Å². The Labute approximate surface area is 65.5 Å². The fourth-order valence-electron chi connectivity index (χ4n) is 0.697. The van der Waals surface area contributed by atoms with Crippen LogP contribution in [0.5, 0.6) is 0 Å². The lowest BCUT2D eigenvalue weighted by atomic mass is 10.1. The van der Waals surface area contributed by atoms with Gasteiger partial charge in [0.15, 0.2) is 0 Å². The van der Waals surface area contributed by atoms with Crippen LogP contribution in [0, 0.1) is 0 Å². The Morgan fingerprint density at radius 1 is 1.27 bits per heavy atom. The van der Waals surface area contributed by atoms with Crippen LogP contribution >= 0.6 is 0 Å². The van der Waals surface area contributed by atoms with Crippen LogP contribution in [0.3, 0.4) is 0 Å². The van der Waals surface area contributed by atoms with E-state index in [0.29, 0.717) is 19.3 Å². The standard InChI is InChI=1S/C6H15N3O2/c7-4(6(10)11)2-1-3-5(8)9/h4-5H,1-3,7-9H2,(H,10,11)/t4-/m0/s1. The smallest absolute Gasteiger partial charge is 0.320 e. The van der Waals surface area contributed by atoms with Crippen LogP contribution in [0.15, 0.2) is 0 Å². The average molecular weight is 161 g/mol. The Kier molecular flexibility index (Phi) is 4.76. The molecule has 0 unspecified atom stereocenters. The molecule has 0 rings (SSSR count). The molecule has 0 saturated heterocycles. The van der Waals surface area contributed by atoms with Crippen molar-refractivity contribution in [2.75, 3.05) is 0 Å². The molecule has 11 heavy (non-hydrogen) atoms. The molecule has 1 atom stereocenters. The Bertz CT molecular complexity index is 127. The van der Waals surface area contributed by atoms with Gasteiger partial charge in [-0.2, -0.15) is 0 Å². The van der Waals surface area contributed by atoms with E-state index in [0.717, 1.165) is 0 Å². The maximum Gasteiger partial charge on any atom is 0.320 e. The minimum Gasteiger partial charge on any atom is -0.480 e. The molecule has 0 heterocycles. The van der Waals surface area contributed by atoms with Crippen molar-refractivity contribution in [3.63, 3.8) is 0 Å². The molecule has 66 valence electrons. The molecule has 0 aliphatic rings. The summed E-state index contributed by atoms with van der Waals surface area (Å²) in [6.07, 6.45) is 1.34. The van der Waals surface area contributed by atoms with E-state index in [9.17, 15) is 4.79 Å². The van der Waals surface area contributed by atoms with E-state index in [4.69, 9.17) is 22.3 Å². The zero-order valence-corrected chi connectivity index (χ0v) is 6.36. The average Bonchev–Trinajstić information content (AvgIpc) is 1.86. The summed E-state index contributed by atoms with van der Waals surface area (Å²) in [6.45, 7) is 0. The van der Waals surface area contributed by atoms with Crippen molar-refractivity contribution in [2.24, 2.45) is 17.2 Å². The Morgan fingerprint density at radius 2 is 1.82 bits per heavy atom. The van der Waals surface area contributed by atoms with Crippen molar-refractivity contribution in [1.82, 2.24) is 0 Å². The van der Waals surface area contributed by atoms with Gasteiger partial charge in [0.2, 0.25) is 0 Å². The molecular formula is C6H15N3O2. The van der Waals surface area contributed by atoms with E-state index >= 15 is 0 Å². The molecule has 0 aromatic carbocycles. The number of carbonyl (C=O) groups is 1. The van der Waals surface area contributed by atoms with Gasteiger partial charge in [0, 0.05) is 0 Å². The summed E-state index contributed by atoms with van der Waals surface area (Å²) in [4.78, 5) is 10.2. The second-order valence-electron chi connectivity index (χ2n) is 2.54. The van der Waals surface area contributed by atoms with Crippen LogP contribution < -0.4 is 17.2 Å². The normalized spacial score (nSPS) is 13.5. The molecular weight excluding hydrogens is 146 g/mol. The summed E-state index contributed by atoms with van der Waals surface area (Å²) in [7, 11) is 0. The third-order valence-electron chi connectivity index (χ3n) is 1.37. The molecule has 5 heteroatoms. The Balaban J connectivity index is 3.31. The number of hydrogen-bond acceptors (Lipinski definition) is 4. The first-order valence-electron chi connectivity index (χ1n) is 3.53. The topological polar surface area (TPSA) is 115 Å². The third kappa shape index (κ3) is 5.78. The van der Waals surface area contributed by atoms with Gasteiger partial charge in [0.1, 0.15) is 6.04 Å². The SMILES string of the molecule is NC(N)CCC[C@H](N)C(=O)O. The molecule has 0 spiro atoms. The lowest BCUT2D eigenvalue weighted by molar-refractivity contribution is -0.138. The summed E-state index contributed by atoms with van der Waals surface area (Å²) in [5.74, 6) is -0.976. The van der Waals surface area contributed by atoms with Gasteiger partial charge in [-0.15, -0.1) is 0 Å². The number of aliphatic carboxylic acids is 1. The number of carboxylic acid groups (broad SMARTS) is 1. The first-order valence-corrected chi connectivity index (χ1v) is 3.53. The van der Waals surface area contributed by atoms with Crippen molar-refractivity contribution < 1.29 is 9.90 Å². The molecule has 0 aliphatic heterocycles.